The van der Waals surface area contributed by atoms with Crippen molar-refractivity contribution in [3.8, 4) is 0 Å². The average Bonchev–Trinajstić information content (AvgIpc) is 3.12. The molecule has 0 aliphatic carbocycles. The molecule has 28 heavy (non-hydrogen) atoms. The number of carboxylic acid groups (broad SMARTS) is 1. The molecule has 0 bridgehead atoms. The van der Waals surface area contributed by atoms with E-state index in [2.05, 4.69) is 35.4 Å². The van der Waals surface area contributed by atoms with Crippen molar-refractivity contribution in [3.05, 3.63) is 18.0 Å². The summed E-state index contributed by atoms with van der Waals surface area (Å²) in [6.45, 7) is 7.84. The molecule has 2 aliphatic heterocycles. The molecule has 1 amide bonds. The molecule has 1 unspecified atom stereocenters. The average molecular weight is 404 g/mol. The Hall–Kier alpha value is -2.10. The van der Waals surface area contributed by atoms with Crippen LogP contribution in [0, 0.1) is 5.92 Å². The maximum Gasteiger partial charge on any atom is 0.490 e. The van der Waals surface area contributed by atoms with E-state index < -0.39 is 12.1 Å². The molecule has 2 fully saturated rings. The van der Waals surface area contributed by atoms with Gasteiger partial charge in [0.15, 0.2) is 0 Å². The Morgan fingerprint density at radius 2 is 1.96 bits per heavy atom. The molecule has 7 nitrogen and oxygen atoms in total. The number of amides is 1. The molecule has 2 aliphatic rings. The molecule has 3 heterocycles. The van der Waals surface area contributed by atoms with E-state index in [1.807, 2.05) is 17.9 Å². The van der Waals surface area contributed by atoms with E-state index >= 15 is 0 Å². The Morgan fingerprint density at radius 3 is 2.39 bits per heavy atom. The summed E-state index contributed by atoms with van der Waals surface area (Å²) in [4.78, 5) is 23.4. The van der Waals surface area contributed by atoms with Crippen molar-refractivity contribution in [1.82, 2.24) is 20.0 Å². The number of carbonyl (C=O) groups is 2. The second kappa shape index (κ2) is 8.50. The van der Waals surface area contributed by atoms with Gasteiger partial charge in [0.05, 0.1) is 6.20 Å². The molecule has 1 atom stereocenters. The first-order chi connectivity index (χ1) is 12.9. The van der Waals surface area contributed by atoms with Gasteiger partial charge in [-0.2, -0.15) is 18.3 Å². The minimum atomic E-state index is -5.08. The van der Waals surface area contributed by atoms with Crippen LogP contribution in [0.15, 0.2) is 12.4 Å². The molecule has 1 aromatic rings. The van der Waals surface area contributed by atoms with Crippen molar-refractivity contribution in [1.29, 1.82) is 0 Å². The SMILES string of the molecule is CC(C)CN1CCC2(CC1)NC(=O)CC2c1cnn(C)c1.O=C(O)C(F)(F)F. The van der Waals surface area contributed by atoms with Crippen LogP contribution in [0.25, 0.3) is 0 Å². The van der Waals surface area contributed by atoms with Crippen molar-refractivity contribution in [3.63, 3.8) is 0 Å². The van der Waals surface area contributed by atoms with E-state index in [-0.39, 0.29) is 17.4 Å². The summed E-state index contributed by atoms with van der Waals surface area (Å²) in [7, 11) is 1.94. The number of aromatic nitrogens is 2. The minimum Gasteiger partial charge on any atom is -0.475 e. The van der Waals surface area contributed by atoms with Gasteiger partial charge in [-0.3, -0.25) is 9.48 Å². The number of alkyl halides is 3. The molecule has 0 radical (unpaired) electrons. The molecular formula is C18H27F3N4O3. The van der Waals surface area contributed by atoms with Crippen molar-refractivity contribution in [2.45, 2.75) is 50.7 Å². The van der Waals surface area contributed by atoms with E-state index in [4.69, 9.17) is 9.90 Å². The first kappa shape index (κ1) is 22.2. The third-order valence-corrected chi connectivity index (χ3v) is 5.19. The van der Waals surface area contributed by atoms with E-state index in [1.54, 1.807) is 0 Å². The van der Waals surface area contributed by atoms with Crippen LogP contribution >= 0.6 is 0 Å². The second-order valence-corrected chi connectivity index (χ2v) is 7.91. The number of carbonyl (C=O) groups excluding carboxylic acids is 1. The predicted molar refractivity (Wildman–Crippen MR) is 95.6 cm³/mol. The molecular weight excluding hydrogens is 377 g/mol. The van der Waals surface area contributed by atoms with E-state index in [9.17, 15) is 18.0 Å². The largest absolute Gasteiger partial charge is 0.490 e. The summed E-state index contributed by atoms with van der Waals surface area (Å²) >= 11 is 0. The smallest absolute Gasteiger partial charge is 0.475 e. The van der Waals surface area contributed by atoms with Gasteiger partial charge in [0.1, 0.15) is 0 Å². The zero-order valence-corrected chi connectivity index (χ0v) is 16.3. The van der Waals surface area contributed by atoms with Crippen molar-refractivity contribution in [2.75, 3.05) is 19.6 Å². The fourth-order valence-corrected chi connectivity index (χ4v) is 3.98. The summed E-state index contributed by atoms with van der Waals surface area (Å²) in [5.41, 5.74) is 1.15. The van der Waals surface area contributed by atoms with Crippen molar-refractivity contribution < 1.29 is 27.9 Å². The van der Waals surface area contributed by atoms with Gasteiger partial charge >= 0.3 is 12.1 Å². The maximum absolute atomic E-state index is 12.0. The van der Waals surface area contributed by atoms with Crippen molar-refractivity contribution >= 4 is 11.9 Å². The molecule has 0 saturated carbocycles. The Morgan fingerprint density at radius 1 is 1.39 bits per heavy atom. The summed E-state index contributed by atoms with van der Waals surface area (Å²) in [6, 6.07) is 0. The van der Waals surface area contributed by atoms with Gasteiger partial charge in [-0.25, -0.2) is 4.79 Å². The number of aliphatic carboxylic acids is 1. The van der Waals surface area contributed by atoms with Gasteiger partial charge in [-0.05, 0) is 24.3 Å². The van der Waals surface area contributed by atoms with Crippen LogP contribution in [-0.2, 0) is 16.6 Å². The number of nitrogens with zero attached hydrogens (tertiary/aromatic N) is 3. The lowest BCUT2D eigenvalue weighted by Crippen LogP contribution is -2.53. The van der Waals surface area contributed by atoms with Crippen molar-refractivity contribution in [2.24, 2.45) is 13.0 Å². The van der Waals surface area contributed by atoms with Gasteiger partial charge in [-0.15, -0.1) is 0 Å². The first-order valence-corrected chi connectivity index (χ1v) is 9.25. The van der Waals surface area contributed by atoms with Gasteiger partial charge in [0.25, 0.3) is 0 Å². The lowest BCUT2D eigenvalue weighted by molar-refractivity contribution is -0.192. The van der Waals surface area contributed by atoms with Crippen LogP contribution in [-0.4, -0.2) is 63.0 Å². The fourth-order valence-electron chi connectivity index (χ4n) is 3.98. The van der Waals surface area contributed by atoms with E-state index in [0.717, 1.165) is 32.5 Å². The summed E-state index contributed by atoms with van der Waals surface area (Å²) < 4.78 is 33.6. The highest BCUT2D eigenvalue weighted by molar-refractivity contribution is 5.81. The lowest BCUT2D eigenvalue weighted by atomic mass is 9.75. The Balaban J connectivity index is 0.000000345. The zero-order valence-electron chi connectivity index (χ0n) is 16.3. The lowest BCUT2D eigenvalue weighted by Gasteiger charge is -2.43. The summed E-state index contributed by atoms with van der Waals surface area (Å²) in [6.07, 6.45) is 1.60. The summed E-state index contributed by atoms with van der Waals surface area (Å²) in [5, 5.41) is 14.7. The van der Waals surface area contributed by atoms with Crippen LogP contribution in [0.3, 0.4) is 0 Å². The molecule has 0 aromatic carbocycles. The molecule has 158 valence electrons. The number of aryl methyl sites for hydroxylation is 1. The fraction of sp³-hybridized carbons (Fsp3) is 0.722. The van der Waals surface area contributed by atoms with E-state index in [1.165, 1.54) is 5.56 Å². The van der Waals surface area contributed by atoms with Crippen LogP contribution in [0.1, 0.15) is 44.6 Å². The molecule has 1 spiro atoms. The highest BCUT2D eigenvalue weighted by atomic mass is 19.4. The van der Waals surface area contributed by atoms with Crippen LogP contribution in [0.2, 0.25) is 0 Å². The van der Waals surface area contributed by atoms with Crippen LogP contribution in [0.4, 0.5) is 13.2 Å². The molecule has 2 N–H and O–H groups in total. The van der Waals surface area contributed by atoms with Gasteiger partial charge < -0.3 is 15.3 Å². The number of piperidine rings is 1. The monoisotopic (exact) mass is 404 g/mol. The Labute approximate surface area is 161 Å². The molecule has 10 heteroatoms. The third kappa shape index (κ3) is 5.46. The normalized spacial score (nSPS) is 22.1. The number of hydrogen-bond donors (Lipinski definition) is 2. The molecule has 2 saturated heterocycles. The quantitative estimate of drug-likeness (QED) is 0.806. The minimum absolute atomic E-state index is 0.0480. The van der Waals surface area contributed by atoms with E-state index in [0.29, 0.717) is 12.3 Å². The second-order valence-electron chi connectivity index (χ2n) is 7.91. The number of carboxylic acids is 1. The predicted octanol–water partition coefficient (Wildman–Crippen LogP) is 2.15. The molecule has 1 aromatic heterocycles. The maximum atomic E-state index is 12.0. The van der Waals surface area contributed by atoms with Gasteiger partial charge in [0.2, 0.25) is 5.91 Å². The number of rotatable bonds is 3. The summed E-state index contributed by atoms with van der Waals surface area (Å²) in [5.74, 6) is -1.58. The highest BCUT2D eigenvalue weighted by Crippen LogP contribution is 2.43. The highest BCUT2D eigenvalue weighted by Gasteiger charge is 2.49. The van der Waals surface area contributed by atoms with Gasteiger partial charge in [-0.1, -0.05) is 13.8 Å². The topological polar surface area (TPSA) is 87.5 Å². The number of likely N-dealkylation sites (tertiary alicyclic amines) is 1. The van der Waals surface area contributed by atoms with Crippen LogP contribution in [0.5, 0.6) is 0 Å². The Bertz CT molecular complexity index is 694. The zero-order chi connectivity index (χ0) is 21.1. The number of halogens is 3. The number of nitrogens with one attached hydrogen (secondary N) is 1. The van der Waals surface area contributed by atoms with Gasteiger partial charge in [0, 0.05) is 50.8 Å². The first-order valence-electron chi connectivity index (χ1n) is 9.25. The Kier molecular flexibility index (Phi) is 6.74. The third-order valence-electron chi connectivity index (χ3n) is 5.19. The standard InChI is InChI=1S/C16H26N4O.C2HF3O2/c1-12(2)10-20-6-4-16(5-7-20)14(8-15(21)18-16)13-9-17-19(3)11-13;3-2(4,5)1(6)7/h9,11-12,14H,4-8,10H2,1-3H3,(H,18,21);(H,6,7). The van der Waals surface area contributed by atoms with Crippen LogP contribution < -0.4 is 5.32 Å². The molecule has 3 rings (SSSR count). The number of hydrogen-bond acceptors (Lipinski definition) is 4.